The van der Waals surface area contributed by atoms with Crippen LogP contribution < -0.4 is 4.90 Å². The average Bonchev–Trinajstić information content (AvgIpc) is 3.35. The average molecular weight is 465 g/mol. The van der Waals surface area contributed by atoms with Crippen molar-refractivity contribution in [1.82, 2.24) is 0 Å². The maximum Gasteiger partial charge on any atom is 0.300 e. The van der Waals surface area contributed by atoms with E-state index in [1.165, 1.54) is 16.2 Å². The molecule has 0 aliphatic carbocycles. The minimum Gasteiger partial charge on any atom is -0.507 e. The van der Waals surface area contributed by atoms with E-state index >= 15 is 0 Å². The number of aliphatic hydroxyl groups excluding tert-OH is 1. The molecule has 0 saturated carbocycles. The highest BCUT2D eigenvalue weighted by atomic mass is 79.9. The van der Waals surface area contributed by atoms with Crippen molar-refractivity contribution < 1.29 is 14.7 Å². The predicted octanol–water partition coefficient (Wildman–Crippen LogP) is 5.01. The molecule has 1 N–H and O–H groups in total. The fourth-order valence-corrected chi connectivity index (χ4v) is 4.36. The molecule has 1 aliphatic rings. The summed E-state index contributed by atoms with van der Waals surface area (Å²) in [4.78, 5) is 28.0. The summed E-state index contributed by atoms with van der Waals surface area (Å²) in [5, 5.41) is 21.8. The summed E-state index contributed by atoms with van der Waals surface area (Å²) in [6, 6.07) is 18.3. The lowest BCUT2D eigenvalue weighted by atomic mass is 10.00. The van der Waals surface area contributed by atoms with Gasteiger partial charge < -0.3 is 5.11 Å². The number of rotatable bonds is 3. The van der Waals surface area contributed by atoms with E-state index in [0.29, 0.717) is 16.8 Å². The van der Waals surface area contributed by atoms with Gasteiger partial charge in [-0.3, -0.25) is 14.5 Å². The molecule has 3 aromatic rings. The second-order valence-electron chi connectivity index (χ2n) is 6.35. The van der Waals surface area contributed by atoms with Crippen molar-refractivity contribution in [3.63, 3.8) is 0 Å². The number of nitrogens with zero attached hydrogens (tertiary/aromatic N) is 2. The lowest BCUT2D eigenvalue weighted by molar-refractivity contribution is -0.132. The zero-order valence-corrected chi connectivity index (χ0v) is 17.3. The molecule has 1 fully saturated rings. The van der Waals surface area contributed by atoms with Crippen molar-refractivity contribution >= 4 is 50.4 Å². The third-order valence-corrected chi connectivity index (χ3v) is 6.10. The molecule has 5 nitrogen and oxygen atoms in total. The minimum atomic E-state index is -0.744. The number of carbonyl (C=O) groups excluding carboxylic acids is 2. The highest BCUT2D eigenvalue weighted by molar-refractivity contribution is 9.10. The second-order valence-corrected chi connectivity index (χ2v) is 8.25. The lowest BCUT2D eigenvalue weighted by Crippen LogP contribution is -2.29. The SMILES string of the molecule is N#Cc1ccc(N2C(=O)C(=O)/C(=C(\O)c3ccc(Br)cc3)C2c2cccs2)cc1. The Kier molecular flexibility index (Phi) is 5.05. The maximum atomic E-state index is 12.9. The summed E-state index contributed by atoms with van der Waals surface area (Å²) in [5.74, 6) is -1.68. The van der Waals surface area contributed by atoms with Crippen LogP contribution in [-0.2, 0) is 9.59 Å². The first-order chi connectivity index (χ1) is 14.0. The Balaban J connectivity index is 1.90. The highest BCUT2D eigenvalue weighted by Crippen LogP contribution is 2.43. The summed E-state index contributed by atoms with van der Waals surface area (Å²) in [5.41, 5.74) is 1.43. The summed E-state index contributed by atoms with van der Waals surface area (Å²) in [6.07, 6.45) is 0. The van der Waals surface area contributed by atoms with E-state index in [1.807, 2.05) is 23.6 Å². The van der Waals surface area contributed by atoms with Crippen molar-refractivity contribution in [2.24, 2.45) is 0 Å². The zero-order valence-electron chi connectivity index (χ0n) is 14.9. The van der Waals surface area contributed by atoms with Gasteiger partial charge in [0.05, 0.1) is 17.2 Å². The molecular weight excluding hydrogens is 452 g/mol. The van der Waals surface area contributed by atoms with Crippen molar-refractivity contribution in [1.29, 1.82) is 5.26 Å². The lowest BCUT2D eigenvalue weighted by Gasteiger charge is -2.24. The topological polar surface area (TPSA) is 81.4 Å². The quantitative estimate of drug-likeness (QED) is 0.335. The molecule has 7 heteroatoms. The Labute approximate surface area is 179 Å². The van der Waals surface area contributed by atoms with Crippen LogP contribution in [0.5, 0.6) is 0 Å². The van der Waals surface area contributed by atoms with Crippen LogP contribution in [0.25, 0.3) is 5.76 Å². The van der Waals surface area contributed by atoms with Gasteiger partial charge in [0.25, 0.3) is 11.7 Å². The fraction of sp³-hybridized carbons (Fsp3) is 0.0455. The normalized spacial score (nSPS) is 18.1. The molecule has 1 saturated heterocycles. The first-order valence-electron chi connectivity index (χ1n) is 8.62. The summed E-state index contributed by atoms with van der Waals surface area (Å²) >= 11 is 4.74. The summed E-state index contributed by atoms with van der Waals surface area (Å²) in [6.45, 7) is 0. The Bertz CT molecular complexity index is 1160. The zero-order chi connectivity index (χ0) is 20.5. The molecule has 1 atom stereocenters. The Morgan fingerprint density at radius 1 is 1.07 bits per heavy atom. The number of aliphatic hydroxyl groups is 1. The smallest absolute Gasteiger partial charge is 0.300 e. The van der Waals surface area contributed by atoms with Gasteiger partial charge in [-0.2, -0.15) is 5.26 Å². The fourth-order valence-electron chi connectivity index (χ4n) is 3.27. The van der Waals surface area contributed by atoms with E-state index in [0.717, 1.165) is 9.35 Å². The minimum absolute atomic E-state index is 0.0455. The standard InChI is InChI=1S/C22H13BrN2O3S/c23-15-7-5-14(6-8-15)20(26)18-19(17-2-1-11-29-17)25(22(28)21(18)27)16-9-3-13(12-24)4-10-16/h1-11,19,26H/b20-18-. The Hall–Kier alpha value is -3.21. The van der Waals surface area contributed by atoms with Crippen LogP contribution in [-0.4, -0.2) is 16.8 Å². The highest BCUT2D eigenvalue weighted by Gasteiger charge is 2.47. The predicted molar refractivity (Wildman–Crippen MR) is 114 cm³/mol. The van der Waals surface area contributed by atoms with Crippen LogP contribution >= 0.6 is 27.3 Å². The number of halogens is 1. The van der Waals surface area contributed by atoms with Crippen molar-refractivity contribution in [3.8, 4) is 6.07 Å². The van der Waals surface area contributed by atoms with Gasteiger partial charge in [-0.05, 0) is 47.8 Å². The third kappa shape index (κ3) is 3.37. The van der Waals surface area contributed by atoms with E-state index in [4.69, 9.17) is 5.26 Å². The first kappa shape index (κ1) is 19.1. The molecule has 0 spiro atoms. The number of hydrogen-bond acceptors (Lipinski definition) is 5. The number of nitriles is 1. The van der Waals surface area contributed by atoms with Crippen LogP contribution in [0.3, 0.4) is 0 Å². The molecular formula is C22H13BrN2O3S. The molecule has 29 heavy (non-hydrogen) atoms. The number of thiophene rings is 1. The largest absolute Gasteiger partial charge is 0.507 e. The maximum absolute atomic E-state index is 12.9. The van der Waals surface area contributed by atoms with Crippen LogP contribution in [0.2, 0.25) is 0 Å². The molecule has 1 unspecified atom stereocenters. The molecule has 1 amide bonds. The molecule has 2 heterocycles. The molecule has 1 aliphatic heterocycles. The number of carbonyl (C=O) groups is 2. The van der Waals surface area contributed by atoms with Gasteiger partial charge in [0.15, 0.2) is 0 Å². The molecule has 1 aromatic heterocycles. The number of hydrogen-bond donors (Lipinski definition) is 1. The van der Waals surface area contributed by atoms with Gasteiger partial charge in [0, 0.05) is 20.6 Å². The van der Waals surface area contributed by atoms with E-state index in [2.05, 4.69) is 15.9 Å². The second kappa shape index (κ2) is 7.66. The van der Waals surface area contributed by atoms with Gasteiger partial charge in [0.2, 0.25) is 0 Å². The number of Topliss-reactive ketones (excluding diaryl/α,β-unsaturated/α-hetero) is 1. The summed E-state index contributed by atoms with van der Waals surface area (Å²) in [7, 11) is 0. The van der Waals surface area contributed by atoms with Crippen molar-refractivity contribution in [3.05, 3.63) is 92.1 Å². The molecule has 2 aromatic carbocycles. The number of anilines is 1. The molecule has 4 rings (SSSR count). The Morgan fingerprint density at radius 2 is 1.76 bits per heavy atom. The molecule has 0 radical (unpaired) electrons. The third-order valence-electron chi connectivity index (χ3n) is 4.65. The van der Waals surface area contributed by atoms with Gasteiger partial charge in [0.1, 0.15) is 11.8 Å². The molecule has 0 bridgehead atoms. The van der Waals surface area contributed by atoms with Gasteiger partial charge >= 0.3 is 0 Å². The summed E-state index contributed by atoms with van der Waals surface area (Å²) < 4.78 is 0.835. The monoisotopic (exact) mass is 464 g/mol. The van der Waals surface area contributed by atoms with E-state index in [9.17, 15) is 14.7 Å². The van der Waals surface area contributed by atoms with Gasteiger partial charge in [-0.25, -0.2) is 0 Å². The van der Waals surface area contributed by atoms with E-state index < -0.39 is 17.7 Å². The van der Waals surface area contributed by atoms with E-state index in [1.54, 1.807) is 48.5 Å². The number of amides is 1. The first-order valence-corrected chi connectivity index (χ1v) is 10.3. The van der Waals surface area contributed by atoms with Crippen LogP contribution in [0.15, 0.2) is 76.1 Å². The van der Waals surface area contributed by atoms with Crippen molar-refractivity contribution in [2.45, 2.75) is 6.04 Å². The van der Waals surface area contributed by atoms with Crippen LogP contribution in [0, 0.1) is 11.3 Å². The van der Waals surface area contributed by atoms with E-state index in [-0.39, 0.29) is 11.3 Å². The Morgan fingerprint density at radius 3 is 2.34 bits per heavy atom. The number of ketones is 1. The van der Waals surface area contributed by atoms with Gasteiger partial charge in [-0.15, -0.1) is 11.3 Å². The van der Waals surface area contributed by atoms with Crippen molar-refractivity contribution in [2.75, 3.05) is 4.90 Å². The molecule has 142 valence electrons. The van der Waals surface area contributed by atoms with Gasteiger partial charge in [-0.1, -0.05) is 34.1 Å². The van der Waals surface area contributed by atoms with Crippen LogP contribution in [0.4, 0.5) is 5.69 Å². The van der Waals surface area contributed by atoms with Crippen LogP contribution in [0.1, 0.15) is 22.0 Å². The number of benzene rings is 2.